The number of phosphoric acid groups is 1. The molecule has 1 heterocycles. The van der Waals surface area contributed by atoms with Gasteiger partial charge in [-0.3, -0.25) is 4.52 Å². The van der Waals surface area contributed by atoms with E-state index in [1.807, 2.05) is 0 Å². The number of carbonyl (C=O) groups is 1. The van der Waals surface area contributed by atoms with E-state index in [1.165, 1.54) is 0 Å². The number of carboxylic acid groups (broad SMARTS) is 1. The van der Waals surface area contributed by atoms with Crippen molar-refractivity contribution in [3.63, 3.8) is 0 Å². The molecule has 0 unspecified atom stereocenters. The van der Waals surface area contributed by atoms with Crippen molar-refractivity contribution in [1.29, 1.82) is 0 Å². The molecule has 0 radical (unpaired) electrons. The summed E-state index contributed by atoms with van der Waals surface area (Å²) in [7, 11) is -4.94. The van der Waals surface area contributed by atoms with E-state index in [1.54, 1.807) is 0 Å². The van der Waals surface area contributed by atoms with Gasteiger partial charge < -0.3 is 40.1 Å². The Kier molecular flexibility index (Phi) is 4.74. The molecule has 0 aromatic heterocycles. The number of aliphatic carboxylic acids is 1. The smallest absolute Gasteiger partial charge is 0.469 e. The summed E-state index contributed by atoms with van der Waals surface area (Å²) >= 11 is 0. The van der Waals surface area contributed by atoms with Gasteiger partial charge >= 0.3 is 13.8 Å². The normalized spacial score (nSPS) is 41.0. The highest BCUT2D eigenvalue weighted by Gasteiger charge is 2.52. The van der Waals surface area contributed by atoms with Crippen molar-refractivity contribution in [3.05, 3.63) is 0 Å². The van der Waals surface area contributed by atoms with Crippen molar-refractivity contribution in [2.24, 2.45) is 0 Å². The summed E-state index contributed by atoms with van der Waals surface area (Å²) in [4.78, 5) is 27.8. The number of hydrogen-bond donors (Lipinski definition) is 7. The molecule has 12 heteroatoms. The number of hydrogen-bond acceptors (Lipinski definition) is 8. The minimum Gasteiger partial charge on any atom is -0.477 e. The minimum atomic E-state index is -4.94. The predicted molar refractivity (Wildman–Crippen MR) is 58.1 cm³/mol. The molecule has 1 saturated heterocycles. The Morgan fingerprint density at radius 3 is 2.55 bits per heavy atom. The number of aliphatic hydroxyl groups excluding tert-OH is 3. The van der Waals surface area contributed by atoms with Gasteiger partial charge in [-0.1, -0.05) is 0 Å². The van der Waals surface area contributed by atoms with Gasteiger partial charge in [0.1, 0.15) is 18.3 Å². The number of rotatable bonds is 5. The zero-order valence-corrected chi connectivity index (χ0v) is 10.7. The lowest BCUT2D eigenvalue weighted by Gasteiger charge is -2.41. The standard InChI is InChI=1S/C8H15O11P/c9-3-1-8(14,7(12)13)19-6(5(3)11)4(10)2-18-20(15,16)17/h3-6,9-11,14H,1-2H2,(H,12,13)(H2,15,16,17)/t3-,4-,5-,6-,8-/m1/s1/i1D/t1-,3+,4+,5+,6+,8+/m0. The van der Waals surface area contributed by atoms with E-state index in [4.69, 9.17) is 16.3 Å². The molecule has 1 aliphatic heterocycles. The van der Waals surface area contributed by atoms with E-state index in [-0.39, 0.29) is 0 Å². The third kappa shape index (κ3) is 4.19. The van der Waals surface area contributed by atoms with Crippen LogP contribution in [0.25, 0.3) is 0 Å². The molecule has 1 rings (SSSR count). The SMILES string of the molecule is [2H][C@H]1[C@@H](O)[C@@H](O)[C@@H]([C@H](O)COP(=O)(O)O)O[C@@]1(O)C(=O)O. The third-order valence-corrected chi connectivity index (χ3v) is 2.98. The van der Waals surface area contributed by atoms with Crippen molar-refractivity contribution >= 4 is 13.8 Å². The van der Waals surface area contributed by atoms with Gasteiger partial charge in [0.15, 0.2) is 0 Å². The first-order valence-corrected chi connectivity index (χ1v) is 6.73. The second-order valence-corrected chi connectivity index (χ2v) is 5.32. The van der Waals surface area contributed by atoms with Crippen molar-refractivity contribution in [1.82, 2.24) is 0 Å². The van der Waals surface area contributed by atoms with Crippen molar-refractivity contribution in [3.8, 4) is 0 Å². The summed E-state index contributed by atoms with van der Waals surface area (Å²) in [5.41, 5.74) is 0. The highest BCUT2D eigenvalue weighted by atomic mass is 31.2. The zero-order chi connectivity index (χ0) is 16.6. The maximum Gasteiger partial charge on any atom is 0.469 e. The second-order valence-electron chi connectivity index (χ2n) is 4.09. The van der Waals surface area contributed by atoms with Crippen LogP contribution in [0, 0.1) is 0 Å². The van der Waals surface area contributed by atoms with Gasteiger partial charge in [0.2, 0.25) is 0 Å². The van der Waals surface area contributed by atoms with Crippen LogP contribution in [0.2, 0.25) is 0 Å². The molecule has 1 aliphatic rings. The van der Waals surface area contributed by atoms with Gasteiger partial charge in [-0.05, 0) is 0 Å². The molecule has 0 aromatic rings. The molecule has 7 N–H and O–H groups in total. The zero-order valence-electron chi connectivity index (χ0n) is 10.8. The largest absolute Gasteiger partial charge is 0.477 e. The van der Waals surface area contributed by atoms with Gasteiger partial charge in [0.05, 0.1) is 12.7 Å². The van der Waals surface area contributed by atoms with Gasteiger partial charge in [0.25, 0.3) is 5.79 Å². The van der Waals surface area contributed by atoms with Gasteiger partial charge in [-0.25, -0.2) is 9.36 Å². The van der Waals surface area contributed by atoms with Crippen molar-refractivity contribution in [2.75, 3.05) is 6.61 Å². The fourth-order valence-corrected chi connectivity index (χ4v) is 1.88. The lowest BCUT2D eigenvalue weighted by molar-refractivity contribution is -0.308. The molecule has 118 valence electrons. The summed E-state index contributed by atoms with van der Waals surface area (Å²) in [6.45, 7) is -1.07. The van der Waals surface area contributed by atoms with Crippen LogP contribution in [0.3, 0.4) is 0 Å². The summed E-state index contributed by atoms with van der Waals surface area (Å²) in [6, 6.07) is 0. The molecule has 0 saturated carbocycles. The molecule has 1 fully saturated rings. The second kappa shape index (κ2) is 6.02. The van der Waals surface area contributed by atoms with Gasteiger partial charge in [-0.15, -0.1) is 0 Å². The predicted octanol–water partition coefficient (Wildman–Crippen LogP) is -3.26. The van der Waals surface area contributed by atoms with Crippen LogP contribution in [0.4, 0.5) is 0 Å². The minimum absolute atomic E-state index is 1.07. The van der Waals surface area contributed by atoms with E-state index in [0.29, 0.717) is 0 Å². The first kappa shape index (κ1) is 15.8. The molecular weight excluding hydrogens is 303 g/mol. The van der Waals surface area contributed by atoms with E-state index in [2.05, 4.69) is 9.26 Å². The van der Waals surface area contributed by atoms with Gasteiger partial charge in [-0.2, -0.15) is 0 Å². The maximum absolute atomic E-state index is 10.9. The van der Waals surface area contributed by atoms with Crippen LogP contribution >= 0.6 is 7.82 Å². The molecule has 0 amide bonds. The van der Waals surface area contributed by atoms with Crippen molar-refractivity contribution < 1.29 is 55.3 Å². The maximum atomic E-state index is 10.9. The Morgan fingerprint density at radius 1 is 1.55 bits per heavy atom. The van der Waals surface area contributed by atoms with Crippen LogP contribution in [0.1, 0.15) is 7.77 Å². The summed E-state index contributed by atoms with van der Waals surface area (Å²) in [6.07, 6.45) is -10.2. The Hall–Kier alpha value is -0.620. The fourth-order valence-electron chi connectivity index (χ4n) is 1.54. The quantitative estimate of drug-likeness (QED) is 0.251. The number of aliphatic hydroxyl groups is 4. The lowest BCUT2D eigenvalue weighted by atomic mass is 9.93. The summed E-state index contributed by atoms with van der Waals surface area (Å²) in [5, 5.41) is 47.2. The third-order valence-electron chi connectivity index (χ3n) is 2.50. The van der Waals surface area contributed by atoms with Gasteiger partial charge in [0, 0.05) is 7.77 Å². The van der Waals surface area contributed by atoms with Crippen LogP contribution in [0.15, 0.2) is 0 Å². The molecule has 0 bridgehead atoms. The average molecular weight is 319 g/mol. The van der Waals surface area contributed by atoms with Crippen LogP contribution in [0.5, 0.6) is 0 Å². The molecule has 0 aliphatic carbocycles. The molecule has 0 aromatic carbocycles. The summed E-state index contributed by atoms with van der Waals surface area (Å²) < 4.78 is 26.3. The molecular formula is C8H15O11P. The summed E-state index contributed by atoms with van der Waals surface area (Å²) in [5.74, 6) is -5.26. The lowest BCUT2D eigenvalue weighted by Crippen LogP contribution is -2.61. The molecule has 11 nitrogen and oxygen atoms in total. The fraction of sp³-hybridized carbons (Fsp3) is 0.875. The van der Waals surface area contributed by atoms with E-state index in [0.717, 1.165) is 0 Å². The highest BCUT2D eigenvalue weighted by Crippen LogP contribution is 2.37. The van der Waals surface area contributed by atoms with Crippen LogP contribution in [-0.4, -0.2) is 78.1 Å². The molecule has 6 atom stereocenters. The first-order valence-electron chi connectivity index (χ1n) is 5.78. The van der Waals surface area contributed by atoms with Crippen LogP contribution in [-0.2, 0) is 18.6 Å². The topological polar surface area (TPSA) is 194 Å². The molecule has 0 spiro atoms. The first-order chi connectivity index (χ1) is 9.40. The number of carboxylic acids is 1. The average Bonchev–Trinajstić information content (AvgIpc) is 2.36. The van der Waals surface area contributed by atoms with E-state index < -0.39 is 57.0 Å². The Bertz CT molecular complexity index is 440. The van der Waals surface area contributed by atoms with Crippen LogP contribution < -0.4 is 0 Å². The number of phosphoric ester groups is 1. The van der Waals surface area contributed by atoms with E-state index in [9.17, 15) is 29.8 Å². The van der Waals surface area contributed by atoms with Crippen molar-refractivity contribution in [2.45, 2.75) is 36.6 Å². The Morgan fingerprint density at radius 2 is 2.10 bits per heavy atom. The van der Waals surface area contributed by atoms with E-state index >= 15 is 0 Å². The number of ether oxygens (including phenoxy) is 1. The Labute approximate surface area is 113 Å². The monoisotopic (exact) mass is 319 g/mol. The Balaban J connectivity index is 2.91. The highest BCUT2D eigenvalue weighted by molar-refractivity contribution is 7.46. The molecule has 20 heavy (non-hydrogen) atoms.